The second-order valence-corrected chi connectivity index (χ2v) is 5.75. The van der Waals surface area contributed by atoms with Crippen LogP contribution in [0.3, 0.4) is 0 Å². The lowest BCUT2D eigenvalue weighted by atomic mass is 10.1. The Kier molecular flexibility index (Phi) is 7.29. The van der Waals surface area contributed by atoms with Crippen molar-refractivity contribution in [1.29, 1.82) is 0 Å². The van der Waals surface area contributed by atoms with E-state index < -0.39 is 0 Å². The summed E-state index contributed by atoms with van der Waals surface area (Å²) < 4.78 is 10.4. The highest BCUT2D eigenvalue weighted by Gasteiger charge is 2.10. The fraction of sp³-hybridized carbons (Fsp3) is 0.263. The van der Waals surface area contributed by atoms with Crippen LogP contribution in [-0.2, 0) is 16.1 Å². The van der Waals surface area contributed by atoms with Gasteiger partial charge in [-0.15, -0.1) is 0 Å². The van der Waals surface area contributed by atoms with Crippen molar-refractivity contribution in [3.63, 3.8) is 0 Å². The third-order valence-electron chi connectivity index (χ3n) is 3.57. The number of aryl methyl sites for hydroxylation is 1. The van der Waals surface area contributed by atoms with Crippen molar-refractivity contribution in [2.75, 3.05) is 26.1 Å². The van der Waals surface area contributed by atoms with Crippen LogP contribution in [-0.4, -0.2) is 32.9 Å². The molecule has 0 atom stereocenters. The Labute approximate surface area is 157 Å². The lowest BCUT2D eigenvalue weighted by Crippen LogP contribution is -2.16. The highest BCUT2D eigenvalue weighted by molar-refractivity contribution is 6.32. The largest absolute Gasteiger partial charge is 0.493 e. The normalized spacial score (nSPS) is 10.6. The van der Waals surface area contributed by atoms with Gasteiger partial charge in [-0.1, -0.05) is 35.8 Å². The summed E-state index contributed by atoms with van der Waals surface area (Å²) >= 11 is 6.12. The van der Waals surface area contributed by atoms with Crippen LogP contribution in [0.25, 0.3) is 0 Å². The van der Waals surface area contributed by atoms with Crippen molar-refractivity contribution in [2.45, 2.75) is 13.3 Å². The van der Waals surface area contributed by atoms with Crippen LogP contribution in [0.1, 0.15) is 18.1 Å². The summed E-state index contributed by atoms with van der Waals surface area (Å²) in [5, 5.41) is 6.91. The van der Waals surface area contributed by atoms with Crippen LogP contribution in [0.2, 0.25) is 5.02 Å². The van der Waals surface area contributed by atoms with Crippen molar-refractivity contribution in [3.05, 3.63) is 52.5 Å². The smallest absolute Gasteiger partial charge is 0.265 e. The number of benzene rings is 2. The van der Waals surface area contributed by atoms with Gasteiger partial charge in [0, 0.05) is 11.3 Å². The van der Waals surface area contributed by atoms with Crippen molar-refractivity contribution in [2.24, 2.45) is 5.16 Å². The average molecular weight is 377 g/mol. The van der Waals surface area contributed by atoms with Gasteiger partial charge in [-0.2, -0.15) is 0 Å². The highest BCUT2D eigenvalue weighted by atomic mass is 35.5. The minimum absolute atomic E-state index is 0.201. The van der Waals surface area contributed by atoms with Gasteiger partial charge in [0.25, 0.3) is 5.91 Å². The van der Waals surface area contributed by atoms with Crippen molar-refractivity contribution < 1.29 is 19.1 Å². The Bertz CT molecular complexity index is 776. The van der Waals surface area contributed by atoms with Crippen LogP contribution in [0.5, 0.6) is 11.5 Å². The van der Waals surface area contributed by atoms with Crippen molar-refractivity contribution in [3.8, 4) is 11.5 Å². The van der Waals surface area contributed by atoms with E-state index in [0.29, 0.717) is 27.8 Å². The molecule has 26 heavy (non-hydrogen) atoms. The molecular weight excluding hydrogens is 356 g/mol. The van der Waals surface area contributed by atoms with Gasteiger partial charge in [-0.05, 0) is 36.2 Å². The standard InChI is InChI=1S/C19H21ClN2O4/c1-4-13-5-7-15(8-6-13)22-18(23)12-26-21-11-14-9-16(20)19(25-3)17(10-14)24-2/h5-11H,4,12H2,1-3H3,(H,22,23)/b21-11-. The van der Waals surface area contributed by atoms with Crippen LogP contribution >= 0.6 is 11.6 Å². The van der Waals surface area contributed by atoms with Crippen molar-refractivity contribution in [1.82, 2.24) is 0 Å². The molecule has 138 valence electrons. The van der Waals surface area contributed by atoms with E-state index in [1.165, 1.54) is 26.0 Å². The number of nitrogens with one attached hydrogen (secondary N) is 1. The predicted octanol–water partition coefficient (Wildman–Crippen LogP) is 3.91. The minimum Gasteiger partial charge on any atom is -0.493 e. The van der Waals surface area contributed by atoms with Gasteiger partial charge >= 0.3 is 0 Å². The molecule has 0 aliphatic heterocycles. The first-order valence-electron chi connectivity index (χ1n) is 8.03. The Morgan fingerprint density at radius 1 is 1.19 bits per heavy atom. The van der Waals surface area contributed by atoms with E-state index in [1.54, 1.807) is 12.1 Å². The van der Waals surface area contributed by atoms with Crippen LogP contribution in [0.4, 0.5) is 5.69 Å². The first-order valence-corrected chi connectivity index (χ1v) is 8.40. The minimum atomic E-state index is -0.295. The number of hydrogen-bond acceptors (Lipinski definition) is 5. The lowest BCUT2D eigenvalue weighted by Gasteiger charge is -2.09. The fourth-order valence-corrected chi connectivity index (χ4v) is 2.52. The molecule has 0 spiro atoms. The summed E-state index contributed by atoms with van der Waals surface area (Å²) in [5.41, 5.74) is 2.58. The molecular formula is C19H21ClN2O4. The van der Waals surface area contributed by atoms with Crippen molar-refractivity contribution >= 4 is 29.4 Å². The van der Waals surface area contributed by atoms with Crippen LogP contribution in [0.15, 0.2) is 41.6 Å². The summed E-state index contributed by atoms with van der Waals surface area (Å²) in [6.07, 6.45) is 2.39. The molecule has 1 amide bonds. The molecule has 0 radical (unpaired) electrons. The second-order valence-electron chi connectivity index (χ2n) is 5.34. The third kappa shape index (κ3) is 5.39. The van der Waals surface area contributed by atoms with Gasteiger partial charge in [0.05, 0.1) is 25.5 Å². The topological polar surface area (TPSA) is 69.2 Å². The molecule has 2 aromatic carbocycles. The number of carbonyl (C=O) groups is 1. The van der Waals surface area contributed by atoms with Gasteiger partial charge in [-0.25, -0.2) is 0 Å². The van der Waals surface area contributed by atoms with E-state index in [4.69, 9.17) is 25.9 Å². The molecule has 0 unspecified atom stereocenters. The average Bonchev–Trinajstić information content (AvgIpc) is 2.65. The number of hydrogen-bond donors (Lipinski definition) is 1. The van der Waals surface area contributed by atoms with Gasteiger partial charge in [0.2, 0.25) is 0 Å². The molecule has 0 saturated carbocycles. The molecule has 0 aliphatic carbocycles. The highest BCUT2D eigenvalue weighted by Crippen LogP contribution is 2.35. The molecule has 0 aliphatic rings. The number of anilines is 1. The number of methoxy groups -OCH3 is 2. The number of ether oxygens (including phenoxy) is 2. The maximum absolute atomic E-state index is 11.8. The second kappa shape index (κ2) is 9.68. The quantitative estimate of drug-likeness (QED) is 0.560. The van der Waals surface area contributed by atoms with Gasteiger partial charge in [-0.3, -0.25) is 4.79 Å². The molecule has 2 aromatic rings. The molecule has 0 aromatic heterocycles. The number of amides is 1. The Balaban J connectivity index is 1.88. The maximum atomic E-state index is 11.8. The summed E-state index contributed by atoms with van der Waals surface area (Å²) in [4.78, 5) is 16.9. The summed E-state index contributed by atoms with van der Waals surface area (Å²) in [6.45, 7) is 1.87. The molecule has 0 saturated heterocycles. The first kappa shape index (κ1) is 19.6. The number of oxime groups is 1. The molecule has 7 heteroatoms. The van der Waals surface area contributed by atoms with E-state index in [-0.39, 0.29) is 12.5 Å². The summed E-state index contributed by atoms with van der Waals surface area (Å²) in [6, 6.07) is 11.0. The number of halogens is 1. The van der Waals surface area contributed by atoms with E-state index in [2.05, 4.69) is 17.4 Å². The molecule has 2 rings (SSSR count). The third-order valence-corrected chi connectivity index (χ3v) is 3.85. The van der Waals surface area contributed by atoms with E-state index in [9.17, 15) is 4.79 Å². The predicted molar refractivity (Wildman–Crippen MR) is 103 cm³/mol. The zero-order chi connectivity index (χ0) is 18.9. The first-order chi connectivity index (χ1) is 12.6. The zero-order valence-electron chi connectivity index (χ0n) is 14.9. The van der Waals surface area contributed by atoms with Gasteiger partial charge < -0.3 is 19.6 Å². The summed E-state index contributed by atoms with van der Waals surface area (Å²) in [7, 11) is 3.03. The monoisotopic (exact) mass is 376 g/mol. The van der Waals surface area contributed by atoms with Crippen LogP contribution < -0.4 is 14.8 Å². The Morgan fingerprint density at radius 2 is 1.92 bits per heavy atom. The molecule has 0 heterocycles. The molecule has 1 N–H and O–H groups in total. The lowest BCUT2D eigenvalue weighted by molar-refractivity contribution is -0.120. The number of rotatable bonds is 8. The zero-order valence-corrected chi connectivity index (χ0v) is 15.7. The Hall–Kier alpha value is -2.73. The number of carbonyl (C=O) groups excluding carboxylic acids is 1. The van der Waals surface area contributed by atoms with E-state index in [0.717, 1.165) is 6.42 Å². The fourth-order valence-electron chi connectivity index (χ4n) is 2.23. The van der Waals surface area contributed by atoms with Gasteiger partial charge in [0.1, 0.15) is 0 Å². The van der Waals surface area contributed by atoms with E-state index >= 15 is 0 Å². The Morgan fingerprint density at radius 3 is 2.54 bits per heavy atom. The SMILES string of the molecule is CCc1ccc(NC(=O)CO/N=C\c2cc(Cl)c(OC)c(OC)c2)cc1. The maximum Gasteiger partial charge on any atom is 0.265 e. The van der Waals surface area contributed by atoms with Crippen LogP contribution in [0, 0.1) is 0 Å². The molecule has 0 bridgehead atoms. The molecule has 6 nitrogen and oxygen atoms in total. The summed E-state index contributed by atoms with van der Waals surface area (Å²) in [5.74, 6) is 0.632. The molecule has 0 fully saturated rings. The van der Waals surface area contributed by atoms with Gasteiger partial charge in [0.15, 0.2) is 18.1 Å². The number of nitrogens with zero attached hydrogens (tertiary/aromatic N) is 1. The van der Waals surface area contributed by atoms with E-state index in [1.807, 2.05) is 24.3 Å².